The van der Waals surface area contributed by atoms with E-state index in [0.29, 0.717) is 0 Å². The summed E-state index contributed by atoms with van der Waals surface area (Å²) in [4.78, 5) is 0. The molecule has 0 spiro atoms. The summed E-state index contributed by atoms with van der Waals surface area (Å²) in [6, 6.07) is 0. The number of unbranched alkanes of at least 4 members (excludes halogenated alkanes) is 5. The van der Waals surface area contributed by atoms with Gasteiger partial charge < -0.3 is 10.1 Å². The lowest BCUT2D eigenvalue weighted by Gasteiger charge is -2.04. The van der Waals surface area contributed by atoms with Crippen LogP contribution in [0.3, 0.4) is 0 Å². The Morgan fingerprint density at radius 3 is 2.70 bits per heavy atom. The highest BCUT2D eigenvalue weighted by molar-refractivity contribution is 4.91. The van der Waals surface area contributed by atoms with Crippen LogP contribution in [0.5, 0.6) is 0 Å². The van der Waals surface area contributed by atoms with Crippen LogP contribution in [0.2, 0.25) is 0 Å². The molecule has 0 saturated heterocycles. The predicted molar refractivity (Wildman–Crippen MR) is 81.6 cm³/mol. The van der Waals surface area contributed by atoms with E-state index in [9.17, 15) is 0 Å². The largest absolute Gasteiger partial charge is 0.380 e. The maximum Gasteiger partial charge on any atom is 0.0964 e. The Morgan fingerprint density at radius 2 is 1.90 bits per heavy atom. The molecule has 116 valence electrons. The van der Waals surface area contributed by atoms with Gasteiger partial charge in [0.1, 0.15) is 0 Å². The number of hydrogen-bond acceptors (Lipinski definition) is 4. The van der Waals surface area contributed by atoms with Gasteiger partial charge in [0, 0.05) is 19.3 Å². The first-order valence-electron chi connectivity index (χ1n) is 8.04. The van der Waals surface area contributed by atoms with Crippen molar-refractivity contribution >= 4 is 0 Å². The first-order chi connectivity index (χ1) is 9.86. The number of nitrogens with zero attached hydrogens (tertiary/aromatic N) is 3. The average molecular weight is 282 g/mol. The molecule has 5 heteroatoms. The highest BCUT2D eigenvalue weighted by Gasteiger charge is 1.99. The molecule has 0 aromatic carbocycles. The molecular formula is C15H30N4O. The average Bonchev–Trinajstić information content (AvgIpc) is 2.91. The summed E-state index contributed by atoms with van der Waals surface area (Å²) in [6.45, 7) is 8.44. The summed E-state index contributed by atoms with van der Waals surface area (Å²) < 4.78 is 7.49. The zero-order valence-corrected chi connectivity index (χ0v) is 13.1. The van der Waals surface area contributed by atoms with Gasteiger partial charge >= 0.3 is 0 Å². The topological polar surface area (TPSA) is 52.0 Å². The van der Waals surface area contributed by atoms with Crippen molar-refractivity contribution in [3.8, 4) is 0 Å². The minimum atomic E-state index is 0.721. The minimum Gasteiger partial charge on any atom is -0.380 e. The fourth-order valence-corrected chi connectivity index (χ4v) is 2.03. The maximum absolute atomic E-state index is 5.63. The molecule has 1 aromatic rings. The van der Waals surface area contributed by atoms with Gasteiger partial charge in [-0.3, -0.25) is 0 Å². The highest BCUT2D eigenvalue weighted by Crippen LogP contribution is 2.04. The summed E-state index contributed by atoms with van der Waals surface area (Å²) in [5, 5.41) is 11.4. The third-order valence-electron chi connectivity index (χ3n) is 3.25. The monoisotopic (exact) mass is 282 g/mol. The van der Waals surface area contributed by atoms with Gasteiger partial charge in [0.15, 0.2) is 0 Å². The molecule has 0 aliphatic rings. The van der Waals surface area contributed by atoms with E-state index in [-0.39, 0.29) is 0 Å². The predicted octanol–water partition coefficient (Wildman–Crippen LogP) is 2.76. The summed E-state index contributed by atoms with van der Waals surface area (Å²) in [5.74, 6) is 0. The molecule has 0 aliphatic carbocycles. The fraction of sp³-hybridized carbons (Fsp3) is 0.867. The summed E-state index contributed by atoms with van der Waals surface area (Å²) >= 11 is 0. The second-order valence-corrected chi connectivity index (χ2v) is 5.13. The lowest BCUT2D eigenvalue weighted by Crippen LogP contribution is -2.12. The second kappa shape index (κ2) is 11.9. The molecular weight excluding hydrogens is 252 g/mol. The van der Waals surface area contributed by atoms with Crippen molar-refractivity contribution < 1.29 is 4.74 Å². The fourth-order valence-electron chi connectivity index (χ4n) is 2.03. The molecule has 5 nitrogen and oxygen atoms in total. The molecule has 0 radical (unpaired) electrons. The molecule has 0 fully saturated rings. The smallest absolute Gasteiger partial charge is 0.0964 e. The van der Waals surface area contributed by atoms with Crippen molar-refractivity contribution in [2.24, 2.45) is 0 Å². The van der Waals surface area contributed by atoms with E-state index in [1.165, 1.54) is 38.5 Å². The molecule has 20 heavy (non-hydrogen) atoms. The summed E-state index contributed by atoms with van der Waals surface area (Å²) in [7, 11) is 0. The van der Waals surface area contributed by atoms with Crippen LogP contribution in [0.1, 0.15) is 58.1 Å². The molecule has 0 aliphatic heterocycles. The van der Waals surface area contributed by atoms with Crippen LogP contribution in [0.15, 0.2) is 6.20 Å². The van der Waals surface area contributed by atoms with Crippen molar-refractivity contribution in [3.63, 3.8) is 0 Å². The van der Waals surface area contributed by atoms with E-state index in [1.807, 2.05) is 10.9 Å². The Balaban J connectivity index is 1.94. The quantitative estimate of drug-likeness (QED) is 0.565. The number of ether oxygens (including phenoxy) is 1. The minimum absolute atomic E-state index is 0.721. The standard InChI is InChI=1S/C15H30N4O/c1-3-5-6-7-8-9-11-20-12-10-19-14-15(17-18-19)13-16-4-2/h14,16H,3-13H2,1-2H3. The van der Waals surface area contributed by atoms with Gasteiger partial charge in [-0.25, -0.2) is 4.68 Å². The van der Waals surface area contributed by atoms with E-state index in [0.717, 1.165) is 38.5 Å². The SMILES string of the molecule is CCCCCCCCOCCn1cc(CNCC)nn1. The van der Waals surface area contributed by atoms with E-state index < -0.39 is 0 Å². The Hall–Kier alpha value is -0.940. The Morgan fingerprint density at radius 1 is 1.10 bits per heavy atom. The lowest BCUT2D eigenvalue weighted by molar-refractivity contribution is 0.119. The van der Waals surface area contributed by atoms with Crippen LogP contribution in [0, 0.1) is 0 Å². The molecule has 0 bridgehead atoms. The van der Waals surface area contributed by atoms with Gasteiger partial charge in [-0.05, 0) is 13.0 Å². The van der Waals surface area contributed by atoms with Crippen LogP contribution < -0.4 is 5.32 Å². The van der Waals surface area contributed by atoms with Gasteiger partial charge in [0.2, 0.25) is 0 Å². The van der Waals surface area contributed by atoms with Crippen LogP contribution in [-0.2, 0) is 17.8 Å². The normalized spacial score (nSPS) is 11.1. The van der Waals surface area contributed by atoms with Crippen molar-refractivity contribution in [3.05, 3.63) is 11.9 Å². The molecule has 1 aromatic heterocycles. The molecule has 1 heterocycles. The molecule has 0 amide bonds. The van der Waals surface area contributed by atoms with Crippen LogP contribution in [-0.4, -0.2) is 34.8 Å². The van der Waals surface area contributed by atoms with E-state index >= 15 is 0 Å². The van der Waals surface area contributed by atoms with Gasteiger partial charge in [-0.2, -0.15) is 0 Å². The summed E-state index contributed by atoms with van der Waals surface area (Å²) in [5.41, 5.74) is 0.989. The number of nitrogens with one attached hydrogen (secondary N) is 1. The molecule has 0 saturated carbocycles. The second-order valence-electron chi connectivity index (χ2n) is 5.13. The molecule has 1 N–H and O–H groups in total. The van der Waals surface area contributed by atoms with Crippen molar-refractivity contribution in [1.82, 2.24) is 20.3 Å². The van der Waals surface area contributed by atoms with Crippen LogP contribution in [0.25, 0.3) is 0 Å². The molecule has 0 atom stereocenters. The van der Waals surface area contributed by atoms with Crippen LogP contribution in [0.4, 0.5) is 0 Å². The Labute approximate surface area is 123 Å². The van der Waals surface area contributed by atoms with Gasteiger partial charge in [0.05, 0.1) is 18.8 Å². The number of aromatic nitrogens is 3. The van der Waals surface area contributed by atoms with Crippen molar-refractivity contribution in [2.75, 3.05) is 19.8 Å². The third-order valence-corrected chi connectivity index (χ3v) is 3.25. The Kier molecular flexibility index (Phi) is 10.1. The van der Waals surface area contributed by atoms with Gasteiger partial charge in [-0.15, -0.1) is 5.10 Å². The number of rotatable bonds is 13. The zero-order chi connectivity index (χ0) is 14.5. The van der Waals surface area contributed by atoms with E-state index in [2.05, 4.69) is 29.5 Å². The first kappa shape index (κ1) is 17.1. The van der Waals surface area contributed by atoms with Gasteiger partial charge in [0.25, 0.3) is 0 Å². The Bertz CT molecular complexity index is 327. The van der Waals surface area contributed by atoms with Crippen molar-refractivity contribution in [1.29, 1.82) is 0 Å². The van der Waals surface area contributed by atoms with E-state index in [1.54, 1.807) is 0 Å². The first-order valence-corrected chi connectivity index (χ1v) is 8.04. The van der Waals surface area contributed by atoms with Gasteiger partial charge in [-0.1, -0.05) is 51.2 Å². The lowest BCUT2D eigenvalue weighted by atomic mass is 10.1. The van der Waals surface area contributed by atoms with Crippen LogP contribution >= 0.6 is 0 Å². The molecule has 1 rings (SSSR count). The maximum atomic E-state index is 5.63. The third kappa shape index (κ3) is 8.27. The number of hydrogen-bond donors (Lipinski definition) is 1. The molecule has 0 unspecified atom stereocenters. The summed E-state index contributed by atoms with van der Waals surface area (Å²) in [6.07, 6.45) is 9.82. The highest BCUT2D eigenvalue weighted by atomic mass is 16.5. The zero-order valence-electron chi connectivity index (χ0n) is 13.1. The van der Waals surface area contributed by atoms with E-state index in [4.69, 9.17) is 4.74 Å². The van der Waals surface area contributed by atoms with Crippen molar-refractivity contribution in [2.45, 2.75) is 65.5 Å².